The predicted octanol–water partition coefficient (Wildman–Crippen LogP) is 10.3. The van der Waals surface area contributed by atoms with Gasteiger partial charge in [0.2, 0.25) is 11.8 Å². The van der Waals surface area contributed by atoms with Crippen LogP contribution in [0.4, 0.5) is 34.1 Å². The highest BCUT2D eigenvalue weighted by Gasteiger charge is 2.42. The van der Waals surface area contributed by atoms with E-state index in [1.165, 1.54) is 7.11 Å². The third-order valence-corrected chi connectivity index (χ3v) is 14.8. The van der Waals surface area contributed by atoms with Crippen LogP contribution in [0.15, 0.2) is 97.2 Å². The number of H-pyrrole nitrogens is 1. The van der Waals surface area contributed by atoms with Gasteiger partial charge in [0, 0.05) is 42.6 Å². The summed E-state index contributed by atoms with van der Waals surface area (Å²) in [6.07, 6.45) is -0.229. The molecule has 4 aromatic carbocycles. The van der Waals surface area contributed by atoms with Crippen LogP contribution >= 0.6 is 0 Å². The Labute approximate surface area is 417 Å². The minimum atomic E-state index is -4.47. The van der Waals surface area contributed by atoms with Gasteiger partial charge in [0.15, 0.2) is 0 Å². The van der Waals surface area contributed by atoms with Gasteiger partial charge in [-0.3, -0.25) is 9.59 Å². The number of likely N-dealkylation sites (tertiary alicyclic amines) is 2. The van der Waals surface area contributed by atoms with Crippen LogP contribution in [-0.2, 0) is 27.0 Å². The lowest BCUT2D eigenvalue weighted by atomic mass is 9.95. The zero-order valence-corrected chi connectivity index (χ0v) is 41.1. The van der Waals surface area contributed by atoms with Gasteiger partial charge in [-0.05, 0) is 103 Å². The summed E-state index contributed by atoms with van der Waals surface area (Å²) in [6.45, 7) is 9.01. The molecule has 18 heteroatoms. The van der Waals surface area contributed by atoms with Gasteiger partial charge in [0.05, 0.1) is 42.2 Å². The standard InChI is InChI=1S/C54H62F3N9O6/c1-31(2)47(60-52(69)70)51(68)64-28-8-12-46(64)65-30-40-39(9-6-10-41(40)62-65)33-13-17-35(18-14-33)43-25-26-44(66(43)38-23-21-37(22-24-38)54(55,56)57)36-19-15-34(16-20-36)42-29-58-49(59-42)45-11-7-27-63(45)50(67)48(32(3)4)61-53(71)72-5/h6,9-10,13-24,29,31-32,43-48,60,62H,7-8,11-12,25-28,30H2,1-5H3,(H,58,59)(H,61,71)(H,69,70)/t43-,44+,45+,46+,47+,48+/m1/s1. The fourth-order valence-corrected chi connectivity index (χ4v) is 11.1. The number of amides is 4. The molecule has 5 heterocycles. The Morgan fingerprint density at radius 1 is 0.736 bits per heavy atom. The number of imidazole rings is 1. The first-order valence-corrected chi connectivity index (χ1v) is 24.8. The molecular formula is C54H62F3N9O6. The van der Waals surface area contributed by atoms with E-state index in [1.54, 1.807) is 21.9 Å². The van der Waals surface area contributed by atoms with Crippen LogP contribution in [0.3, 0.4) is 0 Å². The van der Waals surface area contributed by atoms with E-state index in [0.717, 1.165) is 89.7 Å². The number of anilines is 2. The summed E-state index contributed by atoms with van der Waals surface area (Å²) < 4.78 is 46.2. The minimum absolute atomic E-state index is 0.139. The van der Waals surface area contributed by atoms with Crippen LogP contribution in [0.25, 0.3) is 22.4 Å². The number of hydrogen-bond acceptors (Lipinski definition) is 9. The molecule has 0 unspecified atom stereocenters. The van der Waals surface area contributed by atoms with Crippen molar-refractivity contribution >= 4 is 35.4 Å². The Morgan fingerprint density at radius 2 is 1.33 bits per heavy atom. The molecule has 5 aromatic rings. The Morgan fingerprint density at radius 3 is 1.94 bits per heavy atom. The number of benzene rings is 4. The molecule has 15 nitrogen and oxygen atoms in total. The number of rotatable bonds is 13. The maximum absolute atomic E-state index is 13.8. The highest BCUT2D eigenvalue weighted by Crippen LogP contribution is 2.48. The Balaban J connectivity index is 0.934. The second-order valence-electron chi connectivity index (χ2n) is 19.9. The summed E-state index contributed by atoms with van der Waals surface area (Å²) in [5.41, 5.74) is 11.2. The van der Waals surface area contributed by atoms with Crippen molar-refractivity contribution in [3.63, 3.8) is 0 Å². The van der Waals surface area contributed by atoms with Gasteiger partial charge in [-0.1, -0.05) is 88.4 Å². The van der Waals surface area contributed by atoms with E-state index < -0.39 is 36.0 Å². The number of carbonyl (C=O) groups excluding carboxylic acids is 3. The molecule has 0 aliphatic carbocycles. The quantitative estimate of drug-likeness (QED) is 0.0764. The average molecular weight is 990 g/mol. The number of hydrazine groups is 1. The van der Waals surface area contributed by atoms with E-state index >= 15 is 0 Å². The van der Waals surface area contributed by atoms with E-state index in [2.05, 4.69) is 73.4 Å². The Bertz CT molecular complexity index is 2770. The number of halogens is 3. The van der Waals surface area contributed by atoms with Gasteiger partial charge in [0.25, 0.3) is 0 Å². The molecule has 0 saturated carbocycles. The summed E-state index contributed by atoms with van der Waals surface area (Å²) in [6, 6.07) is 25.8. The fourth-order valence-electron chi connectivity index (χ4n) is 11.1. The lowest BCUT2D eigenvalue weighted by molar-refractivity contribution is -0.138. The predicted molar refractivity (Wildman–Crippen MR) is 266 cm³/mol. The van der Waals surface area contributed by atoms with Gasteiger partial charge < -0.3 is 45.6 Å². The van der Waals surface area contributed by atoms with Crippen molar-refractivity contribution < 1.29 is 42.2 Å². The molecule has 4 aliphatic heterocycles. The van der Waals surface area contributed by atoms with Gasteiger partial charge >= 0.3 is 18.4 Å². The largest absolute Gasteiger partial charge is 0.465 e. The summed E-state index contributed by atoms with van der Waals surface area (Å²) in [5.74, 6) is -0.145. The first kappa shape index (κ1) is 49.9. The lowest BCUT2D eigenvalue weighted by Gasteiger charge is -2.35. The number of aromatic nitrogens is 2. The van der Waals surface area contributed by atoms with E-state index in [0.29, 0.717) is 36.8 Å². The van der Waals surface area contributed by atoms with Crippen molar-refractivity contribution in [2.75, 3.05) is 30.5 Å². The van der Waals surface area contributed by atoms with Gasteiger partial charge in [0.1, 0.15) is 24.1 Å². The molecule has 3 fully saturated rings. The number of nitrogens with zero attached hydrogens (tertiary/aromatic N) is 5. The van der Waals surface area contributed by atoms with Crippen LogP contribution in [0.5, 0.6) is 0 Å². The zero-order chi connectivity index (χ0) is 51.0. The van der Waals surface area contributed by atoms with Crippen molar-refractivity contribution in [1.82, 2.24) is 35.4 Å². The molecule has 72 heavy (non-hydrogen) atoms. The van der Waals surface area contributed by atoms with Crippen molar-refractivity contribution in [1.29, 1.82) is 0 Å². The summed E-state index contributed by atoms with van der Waals surface area (Å²) in [7, 11) is 1.27. The Hall–Kier alpha value is -7.08. The SMILES string of the molecule is COC(=O)N[C@H](C(=O)N1CCC[C@H]1c1nc(-c2ccc([C@@H]3CC[C@H](c4ccc(-c5cccc6c5CN([C@H]5CCCN5C(=O)[C@@H](NC(=O)O)C(C)C)N6)cc4)N3c3ccc(C(F)(F)F)cc3)cc2)c[nH]1)C(C)C. The molecule has 0 spiro atoms. The molecule has 6 atom stereocenters. The number of nitrogens with one attached hydrogen (secondary N) is 4. The number of alkyl carbamates (subject to hydrolysis) is 1. The van der Waals surface area contributed by atoms with E-state index in [4.69, 9.17) is 9.72 Å². The van der Waals surface area contributed by atoms with Crippen LogP contribution < -0.4 is 21.0 Å². The van der Waals surface area contributed by atoms with Crippen LogP contribution in [-0.4, -0.2) is 92.3 Å². The van der Waals surface area contributed by atoms with E-state index in [1.807, 2.05) is 58.2 Å². The number of ether oxygens (including phenoxy) is 1. The monoisotopic (exact) mass is 989 g/mol. The molecule has 1 aromatic heterocycles. The molecule has 0 radical (unpaired) electrons. The highest BCUT2D eigenvalue weighted by molar-refractivity contribution is 5.87. The summed E-state index contributed by atoms with van der Waals surface area (Å²) in [5, 5.41) is 16.6. The first-order chi connectivity index (χ1) is 34.5. The molecule has 9 rings (SSSR count). The maximum Gasteiger partial charge on any atom is 0.416 e. The van der Waals surface area contributed by atoms with E-state index in [9.17, 15) is 37.5 Å². The van der Waals surface area contributed by atoms with Crippen LogP contribution in [0.2, 0.25) is 0 Å². The van der Waals surface area contributed by atoms with Gasteiger partial charge in [-0.15, -0.1) is 0 Å². The van der Waals surface area contributed by atoms with Crippen molar-refractivity contribution in [2.24, 2.45) is 11.8 Å². The minimum Gasteiger partial charge on any atom is -0.465 e. The normalized spacial score (nSPS) is 20.9. The van der Waals surface area contributed by atoms with Gasteiger partial charge in [-0.25, -0.2) is 14.6 Å². The number of carbonyl (C=O) groups is 4. The smallest absolute Gasteiger partial charge is 0.416 e. The fraction of sp³-hybridized carbons (Fsp3) is 0.426. The van der Waals surface area contributed by atoms with Crippen molar-refractivity contribution in [2.45, 2.75) is 115 Å². The number of methoxy groups -OCH3 is 1. The second-order valence-corrected chi connectivity index (χ2v) is 19.9. The van der Waals surface area contributed by atoms with Crippen LogP contribution in [0.1, 0.15) is 112 Å². The number of carboxylic acid groups (broad SMARTS) is 1. The number of aromatic amines is 1. The molecule has 5 N–H and O–H groups in total. The molecule has 0 bridgehead atoms. The van der Waals surface area contributed by atoms with Crippen LogP contribution in [0, 0.1) is 11.8 Å². The number of alkyl halides is 3. The van der Waals surface area contributed by atoms with Gasteiger partial charge in [-0.2, -0.15) is 18.2 Å². The highest BCUT2D eigenvalue weighted by atomic mass is 19.4. The number of fused-ring (bicyclic) bond motifs is 1. The third kappa shape index (κ3) is 10.1. The molecule has 4 aliphatic rings. The Kier molecular flexibility index (Phi) is 14.3. The first-order valence-electron chi connectivity index (χ1n) is 24.8. The lowest BCUT2D eigenvalue weighted by Crippen LogP contribution is -2.55. The third-order valence-electron chi connectivity index (χ3n) is 14.8. The molecule has 3 saturated heterocycles. The van der Waals surface area contributed by atoms with E-state index in [-0.39, 0.29) is 47.9 Å². The maximum atomic E-state index is 13.8. The molecule has 380 valence electrons. The number of hydrogen-bond donors (Lipinski definition) is 5. The topological polar surface area (TPSA) is 175 Å². The van der Waals surface area contributed by atoms with Crippen molar-refractivity contribution in [3.05, 3.63) is 125 Å². The second kappa shape index (κ2) is 20.6. The summed E-state index contributed by atoms with van der Waals surface area (Å²) in [4.78, 5) is 65.1. The molecule has 4 amide bonds. The molecular weight excluding hydrogens is 928 g/mol. The summed E-state index contributed by atoms with van der Waals surface area (Å²) >= 11 is 0. The van der Waals surface area contributed by atoms with Crippen molar-refractivity contribution in [3.8, 4) is 22.4 Å². The zero-order valence-electron chi connectivity index (χ0n) is 41.1. The average Bonchev–Trinajstić information content (AvgIpc) is 4.23.